The standard InChI is InChI=1S/C18H40O7Si3/c1-18(2,3)23-17(21)15(19)14-16(20)22-12-11-13-27(7,8)25-28(9,10)24-26(4,5)6/h15,19H,11-14H2,1-10H3. The molecule has 10 heteroatoms. The van der Waals surface area contributed by atoms with Gasteiger partial charge in [-0.1, -0.05) is 0 Å². The molecule has 0 aliphatic carbocycles. The third-order valence-electron chi connectivity index (χ3n) is 3.30. The summed E-state index contributed by atoms with van der Waals surface area (Å²) < 4.78 is 22.8. The van der Waals surface area contributed by atoms with Gasteiger partial charge in [-0.15, -0.1) is 0 Å². The van der Waals surface area contributed by atoms with Gasteiger partial charge in [-0.2, -0.15) is 0 Å². The van der Waals surface area contributed by atoms with Crippen LogP contribution in [0.5, 0.6) is 0 Å². The molecule has 0 rings (SSSR count). The molecular formula is C18H40O7Si3. The lowest BCUT2D eigenvalue weighted by Gasteiger charge is -2.37. The molecule has 1 N–H and O–H groups in total. The summed E-state index contributed by atoms with van der Waals surface area (Å²) in [7, 11) is -5.78. The van der Waals surface area contributed by atoms with Crippen molar-refractivity contribution < 1.29 is 32.4 Å². The Kier molecular flexibility index (Phi) is 10.3. The zero-order valence-electron chi connectivity index (χ0n) is 19.3. The first kappa shape index (κ1) is 27.5. The van der Waals surface area contributed by atoms with Crippen molar-refractivity contribution in [2.24, 2.45) is 0 Å². The number of ether oxygens (including phenoxy) is 2. The van der Waals surface area contributed by atoms with Crippen molar-refractivity contribution in [3.63, 3.8) is 0 Å². The Morgan fingerprint density at radius 1 is 0.964 bits per heavy atom. The van der Waals surface area contributed by atoms with Crippen LogP contribution in [0.2, 0.25) is 51.9 Å². The van der Waals surface area contributed by atoms with Crippen LogP contribution in [-0.2, 0) is 27.3 Å². The van der Waals surface area contributed by atoms with Crippen LogP contribution in [0, 0.1) is 0 Å². The molecular weight excluding hydrogens is 412 g/mol. The molecule has 1 atom stereocenters. The first-order valence-electron chi connectivity index (χ1n) is 9.79. The first-order valence-corrected chi connectivity index (χ1v) is 19.1. The van der Waals surface area contributed by atoms with Crippen molar-refractivity contribution in [3.05, 3.63) is 0 Å². The lowest BCUT2D eigenvalue weighted by atomic mass is 10.2. The molecule has 0 aromatic rings. The van der Waals surface area contributed by atoms with Crippen LogP contribution in [-0.4, -0.2) is 60.6 Å². The maximum Gasteiger partial charge on any atom is 0.336 e. The Morgan fingerprint density at radius 3 is 1.96 bits per heavy atom. The fourth-order valence-corrected chi connectivity index (χ4v) is 16.0. The van der Waals surface area contributed by atoms with Gasteiger partial charge in [0.2, 0.25) is 0 Å². The summed E-state index contributed by atoms with van der Waals surface area (Å²) in [6, 6.07) is 0.834. The number of esters is 2. The second-order valence-corrected chi connectivity index (χ2v) is 22.7. The molecule has 0 aromatic carbocycles. The fraction of sp³-hybridized carbons (Fsp3) is 0.889. The van der Waals surface area contributed by atoms with E-state index in [-0.39, 0.29) is 6.61 Å². The summed E-state index contributed by atoms with van der Waals surface area (Å²) >= 11 is 0. The SMILES string of the molecule is CC(C)(C)OC(=O)C(O)CC(=O)OCCC[Si](C)(C)O[Si](C)(C)O[Si](C)(C)C. The molecule has 7 nitrogen and oxygen atoms in total. The molecule has 0 fully saturated rings. The lowest BCUT2D eigenvalue weighted by Crippen LogP contribution is -2.51. The summed E-state index contributed by atoms with van der Waals surface area (Å²) in [5, 5.41) is 9.76. The zero-order chi connectivity index (χ0) is 22.4. The fourth-order valence-electron chi connectivity index (χ4n) is 2.83. The topological polar surface area (TPSA) is 91.3 Å². The smallest absolute Gasteiger partial charge is 0.336 e. The van der Waals surface area contributed by atoms with Gasteiger partial charge in [-0.25, -0.2) is 4.79 Å². The van der Waals surface area contributed by atoms with Gasteiger partial charge in [-0.05, 0) is 79.1 Å². The molecule has 0 radical (unpaired) electrons. The number of hydrogen-bond donors (Lipinski definition) is 1. The molecule has 0 amide bonds. The van der Waals surface area contributed by atoms with Gasteiger partial charge in [0.1, 0.15) is 5.60 Å². The summed E-state index contributed by atoms with van der Waals surface area (Å²) in [5.74, 6) is -1.43. The van der Waals surface area contributed by atoms with E-state index in [4.69, 9.17) is 17.7 Å². The number of carbonyl (C=O) groups excluding carboxylic acids is 2. The molecule has 28 heavy (non-hydrogen) atoms. The monoisotopic (exact) mass is 452 g/mol. The minimum atomic E-state index is -2.18. The number of rotatable bonds is 11. The van der Waals surface area contributed by atoms with Crippen molar-refractivity contribution in [1.82, 2.24) is 0 Å². The molecule has 0 spiro atoms. The number of aliphatic hydroxyl groups is 1. The molecule has 0 aliphatic rings. The van der Waals surface area contributed by atoms with Crippen LogP contribution < -0.4 is 0 Å². The van der Waals surface area contributed by atoms with Gasteiger partial charge in [0.25, 0.3) is 0 Å². The van der Waals surface area contributed by atoms with Crippen LogP contribution in [0.3, 0.4) is 0 Å². The molecule has 0 saturated carbocycles. The maximum absolute atomic E-state index is 11.8. The average molecular weight is 453 g/mol. The Bertz CT molecular complexity index is 522. The molecule has 0 saturated heterocycles. The molecule has 0 bridgehead atoms. The second-order valence-electron chi connectivity index (χ2n) is 10.1. The van der Waals surface area contributed by atoms with Crippen molar-refractivity contribution >= 4 is 37.1 Å². The number of carbonyl (C=O) groups is 2. The quantitative estimate of drug-likeness (QED) is 0.290. The van der Waals surface area contributed by atoms with E-state index in [0.717, 1.165) is 6.04 Å². The molecule has 1 unspecified atom stereocenters. The minimum absolute atomic E-state index is 0.233. The van der Waals surface area contributed by atoms with Crippen molar-refractivity contribution in [2.75, 3.05) is 6.61 Å². The van der Waals surface area contributed by atoms with Crippen LogP contribution in [0.15, 0.2) is 0 Å². The Labute approximate surface area is 173 Å². The molecule has 166 valence electrons. The minimum Gasteiger partial charge on any atom is -0.466 e. The Morgan fingerprint density at radius 2 is 1.50 bits per heavy atom. The van der Waals surface area contributed by atoms with Crippen molar-refractivity contribution in [2.45, 2.75) is 97.2 Å². The van der Waals surface area contributed by atoms with Crippen molar-refractivity contribution in [1.29, 1.82) is 0 Å². The summed E-state index contributed by atoms with van der Waals surface area (Å²) in [6.07, 6.45) is -1.24. The highest BCUT2D eigenvalue weighted by atomic mass is 28.5. The van der Waals surface area contributed by atoms with Gasteiger partial charge < -0.3 is 22.8 Å². The van der Waals surface area contributed by atoms with Gasteiger partial charge in [0, 0.05) is 0 Å². The Balaban J connectivity index is 4.29. The van der Waals surface area contributed by atoms with Crippen LogP contribution in [0.1, 0.15) is 33.6 Å². The molecule has 0 aromatic heterocycles. The predicted molar refractivity (Wildman–Crippen MR) is 117 cm³/mol. The summed E-state index contributed by atoms with van der Waals surface area (Å²) in [5.41, 5.74) is -0.714. The van der Waals surface area contributed by atoms with Crippen molar-refractivity contribution in [3.8, 4) is 0 Å². The van der Waals surface area contributed by atoms with Gasteiger partial charge in [0.05, 0.1) is 13.0 Å². The maximum atomic E-state index is 11.8. The summed E-state index contributed by atoms with van der Waals surface area (Å²) in [4.78, 5) is 23.5. The van der Waals surface area contributed by atoms with E-state index in [1.807, 2.05) is 0 Å². The van der Waals surface area contributed by atoms with Crippen LogP contribution in [0.25, 0.3) is 0 Å². The van der Waals surface area contributed by atoms with E-state index in [1.165, 1.54) is 0 Å². The highest BCUT2D eigenvalue weighted by Crippen LogP contribution is 2.23. The van der Waals surface area contributed by atoms with E-state index >= 15 is 0 Å². The van der Waals surface area contributed by atoms with Gasteiger partial charge in [-0.3, -0.25) is 4.79 Å². The van der Waals surface area contributed by atoms with E-state index < -0.39 is 55.3 Å². The third-order valence-corrected chi connectivity index (χ3v) is 13.4. The van der Waals surface area contributed by atoms with E-state index in [0.29, 0.717) is 6.42 Å². The Hall–Kier alpha value is -0.529. The lowest BCUT2D eigenvalue weighted by molar-refractivity contribution is -0.169. The predicted octanol–water partition coefficient (Wildman–Crippen LogP) is 3.79. The number of aliphatic hydroxyl groups excluding tert-OH is 1. The normalized spacial score (nSPS) is 14.5. The average Bonchev–Trinajstić information content (AvgIpc) is 2.37. The van der Waals surface area contributed by atoms with Crippen LogP contribution in [0.4, 0.5) is 0 Å². The molecule has 0 heterocycles. The second kappa shape index (κ2) is 10.5. The largest absolute Gasteiger partial charge is 0.466 e. The summed E-state index contributed by atoms with van der Waals surface area (Å²) in [6.45, 7) is 20.2. The molecule has 0 aliphatic heterocycles. The first-order chi connectivity index (χ1) is 12.3. The highest BCUT2D eigenvalue weighted by Gasteiger charge is 2.37. The third kappa shape index (κ3) is 14.5. The van der Waals surface area contributed by atoms with Gasteiger partial charge >= 0.3 is 20.5 Å². The highest BCUT2D eigenvalue weighted by molar-refractivity contribution is 6.87. The van der Waals surface area contributed by atoms with E-state index in [2.05, 4.69) is 45.8 Å². The van der Waals surface area contributed by atoms with E-state index in [1.54, 1.807) is 20.8 Å². The van der Waals surface area contributed by atoms with E-state index in [9.17, 15) is 14.7 Å². The van der Waals surface area contributed by atoms with Crippen LogP contribution >= 0.6 is 0 Å². The number of hydrogen-bond acceptors (Lipinski definition) is 7. The zero-order valence-corrected chi connectivity index (χ0v) is 22.3. The van der Waals surface area contributed by atoms with Gasteiger partial charge in [0.15, 0.2) is 22.7 Å².